The maximum absolute atomic E-state index is 11.9. The molecule has 0 radical (unpaired) electrons. The first-order chi connectivity index (χ1) is 10.6. The maximum atomic E-state index is 11.9. The van der Waals surface area contributed by atoms with Gasteiger partial charge in [-0.2, -0.15) is 5.26 Å². The SMILES string of the molecule is N#CC1(NC(=O)COC(=O)C[C@H]2C[C@H]3CC[C@@H]2C3)CCCC1. The number of hydrogen-bond acceptors (Lipinski definition) is 4. The van der Waals surface area contributed by atoms with E-state index in [-0.39, 0.29) is 18.5 Å². The zero-order valence-corrected chi connectivity index (χ0v) is 13.0. The second-order valence-corrected chi connectivity index (χ2v) is 7.25. The van der Waals surface area contributed by atoms with E-state index in [1.165, 1.54) is 19.3 Å². The van der Waals surface area contributed by atoms with Gasteiger partial charge in [-0.15, -0.1) is 0 Å². The lowest BCUT2D eigenvalue weighted by atomic mass is 9.86. The molecular formula is C17H24N2O3. The third kappa shape index (κ3) is 3.26. The molecule has 0 unspecified atom stereocenters. The number of carbonyl (C=O) groups excluding carboxylic acids is 2. The molecule has 0 aromatic rings. The molecule has 3 saturated carbocycles. The Morgan fingerprint density at radius 1 is 1.23 bits per heavy atom. The van der Waals surface area contributed by atoms with Crippen molar-refractivity contribution in [3.63, 3.8) is 0 Å². The van der Waals surface area contributed by atoms with Gasteiger partial charge in [-0.1, -0.05) is 6.42 Å². The minimum atomic E-state index is -0.742. The Balaban J connectivity index is 1.39. The minimum Gasteiger partial charge on any atom is -0.456 e. The lowest BCUT2D eigenvalue weighted by Gasteiger charge is -2.22. The van der Waals surface area contributed by atoms with E-state index in [1.807, 2.05) is 0 Å². The standard InChI is InChI=1S/C17H24N2O3/c18-11-17(5-1-2-6-17)19-15(20)10-22-16(21)9-14-8-12-3-4-13(14)7-12/h12-14H,1-10H2,(H,19,20)/t12-,13+,14+/m0/s1. The summed E-state index contributed by atoms with van der Waals surface area (Å²) >= 11 is 0. The van der Waals surface area contributed by atoms with Crippen LogP contribution in [0.25, 0.3) is 0 Å². The third-order valence-electron chi connectivity index (χ3n) is 5.73. The summed E-state index contributed by atoms with van der Waals surface area (Å²) in [5.74, 6) is 1.32. The summed E-state index contributed by atoms with van der Waals surface area (Å²) in [7, 11) is 0. The van der Waals surface area contributed by atoms with Gasteiger partial charge >= 0.3 is 5.97 Å². The van der Waals surface area contributed by atoms with E-state index in [9.17, 15) is 14.9 Å². The van der Waals surface area contributed by atoms with Crippen LogP contribution in [0.3, 0.4) is 0 Å². The maximum Gasteiger partial charge on any atom is 0.306 e. The van der Waals surface area contributed by atoms with Crippen LogP contribution in [0.5, 0.6) is 0 Å². The number of nitriles is 1. The van der Waals surface area contributed by atoms with Crippen molar-refractivity contribution in [1.29, 1.82) is 5.26 Å². The van der Waals surface area contributed by atoms with Crippen LogP contribution in [0, 0.1) is 29.1 Å². The van der Waals surface area contributed by atoms with Crippen LogP contribution >= 0.6 is 0 Å². The molecule has 22 heavy (non-hydrogen) atoms. The van der Waals surface area contributed by atoms with Gasteiger partial charge in [0, 0.05) is 6.42 Å². The van der Waals surface area contributed by atoms with Crippen LogP contribution in [0.1, 0.15) is 57.8 Å². The normalized spacial score (nSPS) is 31.7. The molecule has 0 aliphatic heterocycles. The van der Waals surface area contributed by atoms with Crippen molar-refractivity contribution >= 4 is 11.9 Å². The van der Waals surface area contributed by atoms with Crippen molar-refractivity contribution in [3.8, 4) is 6.07 Å². The summed E-state index contributed by atoms with van der Waals surface area (Å²) in [6.07, 6.45) is 8.70. The molecule has 0 saturated heterocycles. The predicted octanol–water partition coefficient (Wildman–Crippen LogP) is 2.31. The summed E-state index contributed by atoms with van der Waals surface area (Å²) in [6, 6.07) is 2.20. The molecule has 1 amide bonds. The number of hydrogen-bond donors (Lipinski definition) is 1. The van der Waals surface area contributed by atoms with Crippen molar-refractivity contribution in [1.82, 2.24) is 5.32 Å². The molecule has 5 nitrogen and oxygen atoms in total. The zero-order valence-electron chi connectivity index (χ0n) is 13.0. The topological polar surface area (TPSA) is 79.2 Å². The van der Waals surface area contributed by atoms with Gasteiger partial charge in [0.2, 0.25) is 0 Å². The van der Waals surface area contributed by atoms with Crippen LogP contribution in [-0.2, 0) is 14.3 Å². The van der Waals surface area contributed by atoms with E-state index in [0.717, 1.165) is 25.2 Å². The Hall–Kier alpha value is -1.57. The van der Waals surface area contributed by atoms with Crippen LogP contribution in [0.15, 0.2) is 0 Å². The van der Waals surface area contributed by atoms with Crippen LogP contribution in [0.4, 0.5) is 0 Å². The molecule has 3 aliphatic rings. The molecule has 3 atom stereocenters. The average molecular weight is 304 g/mol. The van der Waals surface area contributed by atoms with Crippen molar-refractivity contribution in [2.75, 3.05) is 6.61 Å². The highest BCUT2D eigenvalue weighted by atomic mass is 16.5. The summed E-state index contributed by atoms with van der Waals surface area (Å²) in [6.45, 7) is -0.261. The summed E-state index contributed by atoms with van der Waals surface area (Å²) in [5, 5.41) is 12.0. The summed E-state index contributed by atoms with van der Waals surface area (Å²) in [4.78, 5) is 23.8. The van der Waals surface area contributed by atoms with E-state index < -0.39 is 5.54 Å². The molecule has 0 aromatic carbocycles. The van der Waals surface area contributed by atoms with Gasteiger partial charge in [0.1, 0.15) is 5.54 Å². The van der Waals surface area contributed by atoms with E-state index in [4.69, 9.17) is 4.74 Å². The Labute approximate surface area is 131 Å². The Morgan fingerprint density at radius 3 is 2.59 bits per heavy atom. The number of nitrogens with zero attached hydrogens (tertiary/aromatic N) is 1. The summed E-state index contributed by atoms with van der Waals surface area (Å²) in [5.41, 5.74) is -0.742. The quantitative estimate of drug-likeness (QED) is 0.790. The Bertz CT molecular complexity index is 491. The molecule has 3 rings (SSSR count). The summed E-state index contributed by atoms with van der Waals surface area (Å²) < 4.78 is 5.11. The third-order valence-corrected chi connectivity index (χ3v) is 5.73. The van der Waals surface area contributed by atoms with Crippen molar-refractivity contribution in [2.45, 2.75) is 63.3 Å². The molecule has 2 bridgehead atoms. The molecule has 3 aliphatic carbocycles. The van der Waals surface area contributed by atoms with E-state index in [0.29, 0.717) is 31.1 Å². The molecule has 120 valence electrons. The highest BCUT2D eigenvalue weighted by Crippen LogP contribution is 2.49. The molecule has 3 fully saturated rings. The van der Waals surface area contributed by atoms with Crippen LogP contribution in [-0.4, -0.2) is 24.0 Å². The first-order valence-electron chi connectivity index (χ1n) is 8.48. The van der Waals surface area contributed by atoms with Gasteiger partial charge in [-0.25, -0.2) is 0 Å². The van der Waals surface area contributed by atoms with Crippen molar-refractivity contribution < 1.29 is 14.3 Å². The Morgan fingerprint density at radius 2 is 2.00 bits per heavy atom. The average Bonchev–Trinajstić information content (AvgIpc) is 3.22. The fourth-order valence-corrected chi connectivity index (χ4v) is 4.59. The number of amides is 1. The number of fused-ring (bicyclic) bond motifs is 2. The smallest absolute Gasteiger partial charge is 0.306 e. The van der Waals surface area contributed by atoms with Gasteiger partial charge < -0.3 is 10.1 Å². The number of nitrogens with one attached hydrogen (secondary N) is 1. The Kier molecular flexibility index (Phi) is 4.37. The number of carbonyl (C=O) groups is 2. The number of ether oxygens (including phenoxy) is 1. The van der Waals surface area contributed by atoms with Crippen LogP contribution < -0.4 is 5.32 Å². The second-order valence-electron chi connectivity index (χ2n) is 7.25. The van der Waals surface area contributed by atoms with Crippen LogP contribution in [0.2, 0.25) is 0 Å². The van der Waals surface area contributed by atoms with Gasteiger partial charge in [-0.05, 0) is 62.7 Å². The monoisotopic (exact) mass is 304 g/mol. The highest BCUT2D eigenvalue weighted by molar-refractivity contribution is 5.81. The molecule has 5 heteroatoms. The second kappa shape index (κ2) is 6.28. The molecule has 1 N–H and O–H groups in total. The number of rotatable bonds is 5. The predicted molar refractivity (Wildman–Crippen MR) is 79.5 cm³/mol. The first-order valence-corrected chi connectivity index (χ1v) is 8.48. The molecule has 0 aromatic heterocycles. The van der Waals surface area contributed by atoms with E-state index >= 15 is 0 Å². The fourth-order valence-electron chi connectivity index (χ4n) is 4.59. The van der Waals surface area contributed by atoms with Gasteiger partial charge in [0.25, 0.3) is 5.91 Å². The largest absolute Gasteiger partial charge is 0.456 e. The van der Waals surface area contributed by atoms with Crippen molar-refractivity contribution in [3.05, 3.63) is 0 Å². The van der Waals surface area contributed by atoms with E-state index in [1.54, 1.807) is 0 Å². The number of esters is 1. The van der Waals surface area contributed by atoms with Crippen molar-refractivity contribution in [2.24, 2.45) is 17.8 Å². The molecule has 0 heterocycles. The lowest BCUT2D eigenvalue weighted by Crippen LogP contribution is -2.46. The van der Waals surface area contributed by atoms with Gasteiger partial charge in [0.05, 0.1) is 6.07 Å². The van der Waals surface area contributed by atoms with Gasteiger partial charge in [-0.3, -0.25) is 9.59 Å². The van der Waals surface area contributed by atoms with Gasteiger partial charge in [0.15, 0.2) is 6.61 Å². The zero-order chi connectivity index (χ0) is 15.6. The molecular weight excluding hydrogens is 280 g/mol. The minimum absolute atomic E-state index is 0.261. The fraction of sp³-hybridized carbons (Fsp3) is 0.824. The lowest BCUT2D eigenvalue weighted by molar-refractivity contribution is -0.150. The highest BCUT2D eigenvalue weighted by Gasteiger charge is 2.40. The molecule has 0 spiro atoms. The van der Waals surface area contributed by atoms with E-state index in [2.05, 4.69) is 11.4 Å². The first kappa shape index (κ1) is 15.3.